The minimum atomic E-state index is -0.592. The Labute approximate surface area is 101 Å². The van der Waals surface area contributed by atoms with Crippen LogP contribution in [0.25, 0.3) is 0 Å². The Bertz CT molecular complexity index is 405. The third-order valence-corrected chi connectivity index (χ3v) is 4.14. The predicted octanol–water partition coefficient (Wildman–Crippen LogP) is 1.84. The van der Waals surface area contributed by atoms with Gasteiger partial charge in [0.2, 0.25) is 0 Å². The fourth-order valence-electron chi connectivity index (χ4n) is 3.36. The Morgan fingerprint density at radius 2 is 1.88 bits per heavy atom. The van der Waals surface area contributed by atoms with Crippen LogP contribution in [0.1, 0.15) is 12.0 Å². The van der Waals surface area contributed by atoms with Gasteiger partial charge in [-0.15, -0.1) is 0 Å². The molecule has 0 amide bonds. The highest BCUT2D eigenvalue weighted by atomic mass is 16.4. The minimum Gasteiger partial charge on any atom is -0.481 e. The van der Waals surface area contributed by atoms with Crippen molar-refractivity contribution in [2.24, 2.45) is 17.8 Å². The molecule has 1 N–H and O–H groups in total. The number of rotatable bonds is 3. The van der Waals surface area contributed by atoms with Crippen LogP contribution in [0.2, 0.25) is 0 Å². The highest BCUT2D eigenvalue weighted by molar-refractivity contribution is 5.72. The molecule has 0 radical (unpaired) electrons. The van der Waals surface area contributed by atoms with Crippen molar-refractivity contribution < 1.29 is 9.90 Å². The SMILES string of the molecule is O=C(O)C1C2CC1CN(Cc1ccccc1)C2. The minimum absolute atomic E-state index is 0.0676. The average molecular weight is 231 g/mol. The lowest BCUT2D eigenvalue weighted by molar-refractivity contribution is -0.159. The van der Waals surface area contributed by atoms with Crippen molar-refractivity contribution in [1.29, 1.82) is 0 Å². The smallest absolute Gasteiger partial charge is 0.307 e. The van der Waals surface area contributed by atoms with E-state index in [1.165, 1.54) is 5.56 Å². The monoisotopic (exact) mass is 231 g/mol. The summed E-state index contributed by atoms with van der Waals surface area (Å²) in [6.45, 7) is 2.85. The maximum Gasteiger partial charge on any atom is 0.307 e. The molecule has 3 fully saturated rings. The lowest BCUT2D eigenvalue weighted by atomic mass is 9.61. The van der Waals surface area contributed by atoms with E-state index in [2.05, 4.69) is 29.2 Å². The zero-order chi connectivity index (χ0) is 11.8. The molecule has 2 heterocycles. The quantitative estimate of drug-likeness (QED) is 0.863. The Balaban J connectivity index is 1.61. The van der Waals surface area contributed by atoms with Crippen molar-refractivity contribution >= 4 is 5.97 Å². The molecule has 17 heavy (non-hydrogen) atoms. The van der Waals surface area contributed by atoms with Gasteiger partial charge in [-0.2, -0.15) is 0 Å². The fraction of sp³-hybridized carbons (Fsp3) is 0.500. The molecule has 0 aromatic heterocycles. The lowest BCUT2D eigenvalue weighted by Crippen LogP contribution is -2.57. The molecule has 1 aliphatic carbocycles. The van der Waals surface area contributed by atoms with Crippen LogP contribution >= 0.6 is 0 Å². The second kappa shape index (κ2) is 4.15. The van der Waals surface area contributed by atoms with Crippen LogP contribution in [0.15, 0.2) is 30.3 Å². The summed E-state index contributed by atoms with van der Waals surface area (Å²) >= 11 is 0. The van der Waals surface area contributed by atoms with E-state index < -0.39 is 5.97 Å². The number of carboxylic acids is 1. The van der Waals surface area contributed by atoms with Crippen LogP contribution in [-0.2, 0) is 11.3 Å². The van der Waals surface area contributed by atoms with E-state index in [4.69, 9.17) is 5.11 Å². The first-order valence-electron chi connectivity index (χ1n) is 6.23. The molecular formula is C14H17NO2. The second-order valence-corrected chi connectivity index (χ2v) is 5.30. The number of carbonyl (C=O) groups is 1. The van der Waals surface area contributed by atoms with Gasteiger partial charge in [0, 0.05) is 19.6 Å². The van der Waals surface area contributed by atoms with Crippen molar-refractivity contribution in [1.82, 2.24) is 4.90 Å². The molecule has 1 aromatic carbocycles. The molecule has 2 bridgehead atoms. The van der Waals surface area contributed by atoms with Gasteiger partial charge < -0.3 is 5.11 Å². The molecule has 4 rings (SSSR count). The Hall–Kier alpha value is -1.35. The van der Waals surface area contributed by atoms with Crippen LogP contribution in [0, 0.1) is 17.8 Å². The first kappa shape index (κ1) is 10.8. The molecule has 2 unspecified atom stereocenters. The molecule has 2 atom stereocenters. The Kier molecular flexibility index (Phi) is 2.63. The summed E-state index contributed by atoms with van der Waals surface area (Å²) in [6.07, 6.45) is 1.11. The number of hydrogen-bond donors (Lipinski definition) is 1. The summed E-state index contributed by atoms with van der Waals surface area (Å²) in [5, 5.41) is 9.10. The van der Waals surface area contributed by atoms with Crippen molar-refractivity contribution in [3.05, 3.63) is 35.9 Å². The number of nitrogens with zero attached hydrogens (tertiary/aromatic N) is 1. The summed E-state index contributed by atoms with van der Waals surface area (Å²) in [5.74, 6) is 0.109. The van der Waals surface area contributed by atoms with Crippen LogP contribution in [-0.4, -0.2) is 29.1 Å². The summed E-state index contributed by atoms with van der Waals surface area (Å²) in [5.41, 5.74) is 1.32. The number of carboxylic acid groups (broad SMARTS) is 1. The number of hydrogen-bond acceptors (Lipinski definition) is 2. The Morgan fingerprint density at radius 3 is 2.47 bits per heavy atom. The van der Waals surface area contributed by atoms with Crippen LogP contribution in [0.4, 0.5) is 0 Å². The number of aliphatic carboxylic acids is 1. The molecule has 3 nitrogen and oxygen atoms in total. The van der Waals surface area contributed by atoms with Gasteiger partial charge in [-0.05, 0) is 23.8 Å². The molecule has 2 saturated heterocycles. The molecule has 0 spiro atoms. The number of piperidine rings is 2. The topological polar surface area (TPSA) is 40.5 Å². The molecule has 1 saturated carbocycles. The fourth-order valence-corrected chi connectivity index (χ4v) is 3.36. The van der Waals surface area contributed by atoms with Crippen LogP contribution in [0.5, 0.6) is 0 Å². The summed E-state index contributed by atoms with van der Waals surface area (Å²) in [6, 6.07) is 10.4. The van der Waals surface area contributed by atoms with Gasteiger partial charge in [0.15, 0.2) is 0 Å². The van der Waals surface area contributed by atoms with E-state index in [1.54, 1.807) is 0 Å². The summed E-state index contributed by atoms with van der Waals surface area (Å²) in [7, 11) is 0. The first-order valence-corrected chi connectivity index (χ1v) is 6.23. The normalized spacial score (nSPS) is 31.9. The standard InChI is InChI=1S/C14H17NO2/c16-14(17)13-11-6-12(13)9-15(8-11)7-10-4-2-1-3-5-10/h1-5,11-13H,6-9H2,(H,16,17). The second-order valence-electron chi connectivity index (χ2n) is 5.30. The van der Waals surface area contributed by atoms with Gasteiger partial charge in [0.1, 0.15) is 0 Å². The average Bonchev–Trinajstić information content (AvgIpc) is 2.29. The largest absolute Gasteiger partial charge is 0.481 e. The Morgan fingerprint density at radius 1 is 1.24 bits per heavy atom. The van der Waals surface area contributed by atoms with Gasteiger partial charge >= 0.3 is 5.97 Å². The van der Waals surface area contributed by atoms with Crippen molar-refractivity contribution in [3.8, 4) is 0 Å². The van der Waals surface area contributed by atoms with Gasteiger partial charge in [-0.3, -0.25) is 9.69 Å². The van der Waals surface area contributed by atoms with E-state index >= 15 is 0 Å². The van der Waals surface area contributed by atoms with Gasteiger partial charge in [-0.1, -0.05) is 30.3 Å². The van der Waals surface area contributed by atoms with Gasteiger partial charge in [-0.25, -0.2) is 0 Å². The van der Waals surface area contributed by atoms with Crippen LogP contribution in [0.3, 0.4) is 0 Å². The highest BCUT2D eigenvalue weighted by Crippen LogP contribution is 2.45. The van der Waals surface area contributed by atoms with E-state index in [0.717, 1.165) is 26.1 Å². The summed E-state index contributed by atoms with van der Waals surface area (Å²) in [4.78, 5) is 13.4. The molecule has 3 heteroatoms. The maximum atomic E-state index is 11.0. The van der Waals surface area contributed by atoms with E-state index in [1.807, 2.05) is 6.07 Å². The molecule has 3 aliphatic rings. The van der Waals surface area contributed by atoms with E-state index in [9.17, 15) is 4.79 Å². The molecule has 90 valence electrons. The highest BCUT2D eigenvalue weighted by Gasteiger charge is 2.50. The predicted molar refractivity (Wildman–Crippen MR) is 64.4 cm³/mol. The van der Waals surface area contributed by atoms with Crippen LogP contribution < -0.4 is 0 Å². The molecular weight excluding hydrogens is 214 g/mol. The first-order chi connectivity index (χ1) is 8.24. The summed E-state index contributed by atoms with van der Waals surface area (Å²) < 4.78 is 0. The van der Waals surface area contributed by atoms with Crippen molar-refractivity contribution in [2.75, 3.05) is 13.1 Å². The van der Waals surface area contributed by atoms with Gasteiger partial charge in [0.05, 0.1) is 5.92 Å². The number of fused-ring (bicyclic) bond motifs is 2. The van der Waals surface area contributed by atoms with E-state index in [0.29, 0.717) is 11.8 Å². The lowest BCUT2D eigenvalue weighted by Gasteiger charge is -2.51. The third kappa shape index (κ3) is 1.95. The zero-order valence-electron chi connectivity index (χ0n) is 9.75. The molecule has 1 aromatic rings. The zero-order valence-corrected chi connectivity index (χ0v) is 9.75. The van der Waals surface area contributed by atoms with Crippen molar-refractivity contribution in [3.63, 3.8) is 0 Å². The maximum absolute atomic E-state index is 11.0. The number of benzene rings is 1. The van der Waals surface area contributed by atoms with Gasteiger partial charge in [0.25, 0.3) is 0 Å². The van der Waals surface area contributed by atoms with E-state index in [-0.39, 0.29) is 5.92 Å². The third-order valence-electron chi connectivity index (χ3n) is 4.14. The molecule has 2 aliphatic heterocycles. The van der Waals surface area contributed by atoms with Crippen molar-refractivity contribution in [2.45, 2.75) is 13.0 Å².